The Morgan fingerprint density at radius 1 is 1.39 bits per heavy atom. The van der Waals surface area contributed by atoms with Gasteiger partial charge in [-0.05, 0) is 33.6 Å². The maximum absolute atomic E-state index is 12.8. The zero-order chi connectivity index (χ0) is 24.6. The summed E-state index contributed by atoms with van der Waals surface area (Å²) in [5.74, 6) is 5.93. The third-order valence-electron chi connectivity index (χ3n) is 5.35. The summed E-state index contributed by atoms with van der Waals surface area (Å²) in [6.45, 7) is 8.98. The molecule has 1 saturated carbocycles. The number of imidazole rings is 1. The van der Waals surface area contributed by atoms with Gasteiger partial charge in [0.2, 0.25) is 6.79 Å². The van der Waals surface area contributed by atoms with Crippen molar-refractivity contribution in [3.8, 4) is 0 Å². The Bertz CT molecular complexity index is 1080. The second-order valence-electron chi connectivity index (χ2n) is 9.55. The molecule has 0 bridgehead atoms. The number of carbonyl (C=O) groups is 1. The minimum atomic E-state index is -3.74. The summed E-state index contributed by atoms with van der Waals surface area (Å²) in [4.78, 5) is 20.7. The van der Waals surface area contributed by atoms with Crippen molar-refractivity contribution in [1.82, 2.24) is 14.5 Å². The zero-order valence-electron chi connectivity index (χ0n) is 19.7. The maximum atomic E-state index is 12.8. The van der Waals surface area contributed by atoms with Crippen LogP contribution in [0.3, 0.4) is 0 Å². The summed E-state index contributed by atoms with van der Waals surface area (Å²) < 4.78 is 36.9. The Kier molecular flexibility index (Phi) is 7.05. The van der Waals surface area contributed by atoms with Crippen molar-refractivity contribution in [2.24, 2.45) is 5.41 Å². The predicted molar refractivity (Wildman–Crippen MR) is 120 cm³/mol. The number of hydrogen-bond donors (Lipinski definition) is 2. The van der Waals surface area contributed by atoms with Crippen LogP contribution in [-0.4, -0.2) is 39.2 Å². The van der Waals surface area contributed by atoms with Crippen LogP contribution < -0.4 is 16.3 Å². The lowest BCUT2D eigenvalue weighted by molar-refractivity contribution is -0.601. The van der Waals surface area contributed by atoms with Crippen LogP contribution in [0.25, 0.3) is 11.2 Å². The van der Waals surface area contributed by atoms with Gasteiger partial charge >= 0.3 is 19.5 Å². The molecule has 1 atom stereocenters. The van der Waals surface area contributed by atoms with Gasteiger partial charge in [-0.15, -0.1) is 9.66 Å². The fourth-order valence-corrected chi connectivity index (χ4v) is 4.04. The highest BCUT2D eigenvalue weighted by atomic mass is 31.2. The molecule has 3 rings (SSSR count). The van der Waals surface area contributed by atoms with E-state index in [0.29, 0.717) is 17.7 Å². The normalized spacial score (nSPS) is 17.3. The lowest BCUT2D eigenvalue weighted by atomic mass is 9.98. The Hall–Kier alpha value is -2.27. The van der Waals surface area contributed by atoms with E-state index in [2.05, 4.69) is 17.1 Å². The smallest absolute Gasteiger partial charge is 0.366 e. The van der Waals surface area contributed by atoms with Crippen molar-refractivity contribution in [3.05, 3.63) is 19.1 Å². The SMILES string of the molecule is [CH2]OP(=O)(COC1(Cn2cnc3c(C(C)C)nc(N)[n+](N)c32)CC1)OCOC(=O)C(C)(C)C. The standard InChI is InChI=1S/C20H32N6O6P/c1-13(2)14-15-16(26(22)18(21)24-14)25(10-23-15)9-20(7-8-20)31-12-33(28,29-6)32-11-30-17(27)19(3,4)5/h10,13,21H,6-9,11-12,22H2,1-5H3/p+1. The van der Waals surface area contributed by atoms with Crippen molar-refractivity contribution in [2.45, 2.75) is 65.5 Å². The molecule has 1 aliphatic carbocycles. The molecule has 2 heterocycles. The Morgan fingerprint density at radius 3 is 2.61 bits per heavy atom. The van der Waals surface area contributed by atoms with Gasteiger partial charge in [0.25, 0.3) is 5.65 Å². The third-order valence-corrected chi connectivity index (χ3v) is 6.69. The van der Waals surface area contributed by atoms with Crippen molar-refractivity contribution in [2.75, 3.05) is 24.7 Å². The third kappa shape index (κ3) is 5.63. The maximum Gasteiger partial charge on any atom is 0.366 e. The van der Waals surface area contributed by atoms with Gasteiger partial charge in [0.15, 0.2) is 5.52 Å². The van der Waals surface area contributed by atoms with E-state index in [0.717, 1.165) is 18.5 Å². The van der Waals surface area contributed by atoms with Gasteiger partial charge in [-0.2, -0.15) is 0 Å². The van der Waals surface area contributed by atoms with Crippen molar-refractivity contribution < 1.29 is 32.6 Å². The largest absolute Gasteiger partial charge is 0.438 e. The van der Waals surface area contributed by atoms with Crippen LogP contribution in [-0.2, 0) is 34.4 Å². The number of anilines is 1. The first kappa shape index (κ1) is 25.4. The molecule has 33 heavy (non-hydrogen) atoms. The first-order valence-corrected chi connectivity index (χ1v) is 12.3. The second kappa shape index (κ2) is 9.17. The summed E-state index contributed by atoms with van der Waals surface area (Å²) in [6, 6.07) is 0. The van der Waals surface area contributed by atoms with Crippen LogP contribution in [0.15, 0.2) is 6.33 Å². The van der Waals surface area contributed by atoms with Crippen LogP contribution in [0.2, 0.25) is 0 Å². The van der Waals surface area contributed by atoms with Gasteiger partial charge in [0.1, 0.15) is 18.4 Å². The summed E-state index contributed by atoms with van der Waals surface area (Å²) in [5.41, 5.74) is 6.71. The van der Waals surface area contributed by atoms with Crippen molar-refractivity contribution in [3.63, 3.8) is 0 Å². The van der Waals surface area contributed by atoms with E-state index in [1.165, 1.54) is 4.68 Å². The van der Waals surface area contributed by atoms with Crippen LogP contribution in [0.4, 0.5) is 5.95 Å². The Balaban J connectivity index is 1.69. The van der Waals surface area contributed by atoms with E-state index in [9.17, 15) is 9.36 Å². The van der Waals surface area contributed by atoms with E-state index in [-0.39, 0.29) is 18.2 Å². The van der Waals surface area contributed by atoms with Gasteiger partial charge in [-0.3, -0.25) is 24.3 Å². The fraction of sp³-hybridized carbons (Fsp3) is 0.650. The molecule has 1 radical (unpaired) electrons. The van der Waals surface area contributed by atoms with Gasteiger partial charge in [-0.1, -0.05) is 13.8 Å². The number of nitrogens with two attached hydrogens (primary N) is 2. The Labute approximate surface area is 193 Å². The fourth-order valence-electron chi connectivity index (χ4n) is 3.17. The molecule has 12 nitrogen and oxygen atoms in total. The molecule has 2 aromatic rings. The van der Waals surface area contributed by atoms with Crippen LogP contribution in [0, 0.1) is 12.5 Å². The van der Waals surface area contributed by atoms with Crippen molar-refractivity contribution in [1.29, 1.82) is 0 Å². The highest BCUT2D eigenvalue weighted by molar-refractivity contribution is 7.53. The lowest BCUT2D eigenvalue weighted by Crippen LogP contribution is -2.50. The first-order valence-electron chi connectivity index (χ1n) is 10.6. The highest BCUT2D eigenvalue weighted by Crippen LogP contribution is 2.52. The number of nitrogens with zero attached hydrogens (tertiary/aromatic N) is 4. The zero-order valence-corrected chi connectivity index (χ0v) is 20.6. The molecule has 0 saturated heterocycles. The number of rotatable bonds is 10. The molecule has 0 spiro atoms. The van der Waals surface area contributed by atoms with E-state index in [1.54, 1.807) is 27.1 Å². The predicted octanol–water partition coefficient (Wildman–Crippen LogP) is 2.21. The van der Waals surface area contributed by atoms with Gasteiger partial charge in [0, 0.05) is 5.92 Å². The van der Waals surface area contributed by atoms with Crippen molar-refractivity contribution >= 4 is 30.7 Å². The molecule has 1 unspecified atom stereocenters. The average molecular weight is 484 g/mol. The number of aromatic nitrogens is 4. The molecular formula is C20H33N6O6P+. The van der Waals surface area contributed by atoms with Crippen LogP contribution in [0.1, 0.15) is 59.1 Å². The lowest BCUT2D eigenvalue weighted by Gasteiger charge is -2.22. The molecule has 1 aliphatic rings. The number of ether oxygens (including phenoxy) is 2. The van der Waals surface area contributed by atoms with E-state index in [4.69, 9.17) is 30.1 Å². The summed E-state index contributed by atoms with van der Waals surface area (Å²) in [7, 11) is -0.512. The molecule has 0 amide bonds. The van der Waals surface area contributed by atoms with E-state index >= 15 is 0 Å². The molecule has 0 aliphatic heterocycles. The molecule has 4 N–H and O–H groups in total. The molecule has 183 valence electrons. The number of carbonyl (C=O) groups excluding carboxylic acids is 1. The van der Waals surface area contributed by atoms with Gasteiger partial charge in [-0.25, -0.2) is 4.98 Å². The second-order valence-corrected chi connectivity index (χ2v) is 11.5. The molecule has 0 aromatic carbocycles. The molecule has 1 fully saturated rings. The van der Waals surface area contributed by atoms with Crippen LogP contribution >= 0.6 is 7.60 Å². The van der Waals surface area contributed by atoms with Gasteiger partial charge < -0.3 is 19.7 Å². The van der Waals surface area contributed by atoms with Crippen LogP contribution in [0.5, 0.6) is 0 Å². The molecule has 13 heteroatoms. The monoisotopic (exact) mass is 484 g/mol. The summed E-state index contributed by atoms with van der Waals surface area (Å²) >= 11 is 0. The summed E-state index contributed by atoms with van der Waals surface area (Å²) in [6.07, 6.45) is 2.76. The Morgan fingerprint density at radius 2 is 2.06 bits per heavy atom. The number of hydrogen-bond acceptors (Lipinski definition) is 10. The van der Waals surface area contributed by atoms with Gasteiger partial charge in [0.05, 0.1) is 24.7 Å². The molecule has 2 aromatic heterocycles. The topological polar surface area (TPSA) is 158 Å². The van der Waals surface area contributed by atoms with E-state index < -0.39 is 31.4 Å². The molecular weight excluding hydrogens is 451 g/mol. The first-order chi connectivity index (χ1) is 15.3. The average Bonchev–Trinajstić information content (AvgIpc) is 3.38. The summed E-state index contributed by atoms with van der Waals surface area (Å²) in [5, 5.41) is 0. The number of nitrogen functional groups attached to an aromatic ring is 2. The minimum Gasteiger partial charge on any atom is -0.438 e. The number of fused-ring (bicyclic) bond motifs is 1. The quantitative estimate of drug-likeness (QED) is 0.168. The highest BCUT2D eigenvalue weighted by Gasteiger charge is 2.48. The number of esters is 1. The minimum absolute atomic E-state index is 0.107. The van der Waals surface area contributed by atoms with E-state index in [1.807, 2.05) is 18.4 Å².